The third-order valence-corrected chi connectivity index (χ3v) is 2.87. The summed E-state index contributed by atoms with van der Waals surface area (Å²) in [4.78, 5) is 8.73. The van der Waals surface area contributed by atoms with Gasteiger partial charge < -0.3 is 4.74 Å². The van der Waals surface area contributed by atoms with Gasteiger partial charge in [0.25, 0.3) is 0 Å². The zero-order valence-electron chi connectivity index (χ0n) is 8.66. The second-order valence-corrected chi connectivity index (χ2v) is 4.10. The van der Waals surface area contributed by atoms with E-state index < -0.39 is 0 Å². The Bertz CT molecular complexity index is 313. The highest BCUT2D eigenvalue weighted by atomic mass is 35.5. The van der Waals surface area contributed by atoms with Gasteiger partial charge in [-0.1, -0.05) is 0 Å². The quantitative estimate of drug-likeness (QED) is 0.741. The van der Waals surface area contributed by atoms with Crippen LogP contribution in [0.15, 0.2) is 12.3 Å². The Balaban J connectivity index is 2.09. The Morgan fingerprint density at radius 2 is 2.20 bits per heavy atom. The van der Waals surface area contributed by atoms with Crippen molar-refractivity contribution in [3.63, 3.8) is 0 Å². The highest BCUT2D eigenvalue weighted by Crippen LogP contribution is 2.24. The van der Waals surface area contributed by atoms with Crippen LogP contribution in [0.1, 0.15) is 30.3 Å². The van der Waals surface area contributed by atoms with Crippen molar-refractivity contribution in [1.29, 1.82) is 0 Å². The van der Waals surface area contributed by atoms with Gasteiger partial charge in [-0.05, 0) is 18.9 Å². The first-order valence-electron chi connectivity index (χ1n) is 5.35. The van der Waals surface area contributed by atoms with E-state index in [1.54, 1.807) is 0 Å². The van der Waals surface area contributed by atoms with Gasteiger partial charge in [-0.25, -0.2) is 9.97 Å². The molecule has 15 heavy (non-hydrogen) atoms. The summed E-state index contributed by atoms with van der Waals surface area (Å²) >= 11 is 5.67. The first-order chi connectivity index (χ1) is 7.40. The number of rotatable bonds is 3. The fourth-order valence-corrected chi connectivity index (χ4v) is 2.01. The lowest BCUT2D eigenvalue weighted by molar-refractivity contribution is 0.0844. The predicted octanol–water partition coefficient (Wildman–Crippen LogP) is 2.15. The van der Waals surface area contributed by atoms with Crippen LogP contribution in [-0.4, -0.2) is 29.1 Å². The molecule has 0 N–H and O–H groups in total. The molecule has 3 nitrogen and oxygen atoms in total. The van der Waals surface area contributed by atoms with E-state index in [1.807, 2.05) is 12.3 Å². The molecule has 0 bridgehead atoms. The van der Waals surface area contributed by atoms with E-state index in [4.69, 9.17) is 16.3 Å². The molecule has 82 valence electrons. The van der Waals surface area contributed by atoms with Gasteiger partial charge in [0.1, 0.15) is 5.82 Å². The summed E-state index contributed by atoms with van der Waals surface area (Å²) in [5.74, 6) is 1.97. The zero-order valence-corrected chi connectivity index (χ0v) is 9.41. The van der Waals surface area contributed by atoms with Crippen molar-refractivity contribution in [2.75, 3.05) is 19.1 Å². The number of hydrogen-bond donors (Lipinski definition) is 0. The number of alkyl halides is 1. The first kappa shape index (κ1) is 10.8. The number of halogens is 1. The molecule has 0 atom stereocenters. The fourth-order valence-electron chi connectivity index (χ4n) is 1.84. The Morgan fingerprint density at radius 1 is 1.40 bits per heavy atom. The third-order valence-electron chi connectivity index (χ3n) is 2.68. The molecule has 1 saturated heterocycles. The third kappa shape index (κ3) is 2.89. The maximum absolute atomic E-state index is 5.67. The van der Waals surface area contributed by atoms with Crippen molar-refractivity contribution in [2.45, 2.75) is 25.2 Å². The van der Waals surface area contributed by atoms with Gasteiger partial charge in [0.05, 0.1) is 0 Å². The van der Waals surface area contributed by atoms with E-state index in [0.29, 0.717) is 11.8 Å². The minimum Gasteiger partial charge on any atom is -0.381 e. The molecule has 2 heterocycles. The molecule has 1 aliphatic heterocycles. The minimum absolute atomic E-state index is 0.538. The van der Waals surface area contributed by atoms with Crippen molar-refractivity contribution < 1.29 is 4.74 Å². The summed E-state index contributed by atoms with van der Waals surface area (Å²) in [7, 11) is 0. The molecule has 0 radical (unpaired) electrons. The normalized spacial score (nSPS) is 17.9. The molecule has 0 saturated carbocycles. The summed E-state index contributed by atoms with van der Waals surface area (Å²) < 4.78 is 5.33. The maximum atomic E-state index is 5.67. The lowest BCUT2D eigenvalue weighted by Crippen LogP contribution is -2.16. The Kier molecular flexibility index (Phi) is 3.92. The van der Waals surface area contributed by atoms with Crippen molar-refractivity contribution in [3.05, 3.63) is 23.8 Å². The van der Waals surface area contributed by atoms with E-state index in [9.17, 15) is 0 Å². The van der Waals surface area contributed by atoms with Gasteiger partial charge in [0.15, 0.2) is 0 Å². The average Bonchev–Trinajstić information content (AvgIpc) is 2.31. The van der Waals surface area contributed by atoms with Crippen molar-refractivity contribution in [3.8, 4) is 0 Å². The van der Waals surface area contributed by atoms with Crippen LogP contribution in [0.2, 0.25) is 0 Å². The molecule has 4 heteroatoms. The standard InChI is InChI=1S/C11H15ClN2O/c12-5-1-11-13-6-2-10(14-11)9-3-7-15-8-4-9/h2,6,9H,1,3-5,7-8H2. The Morgan fingerprint density at radius 3 is 2.93 bits per heavy atom. The molecule has 0 spiro atoms. The van der Waals surface area contributed by atoms with Gasteiger partial charge in [0.2, 0.25) is 0 Å². The molecule has 2 rings (SSSR count). The van der Waals surface area contributed by atoms with Gasteiger partial charge in [0, 0.05) is 43.3 Å². The Hall–Kier alpha value is -0.670. The number of aryl methyl sites for hydroxylation is 1. The van der Waals surface area contributed by atoms with Crippen molar-refractivity contribution >= 4 is 11.6 Å². The lowest BCUT2D eigenvalue weighted by Gasteiger charge is -2.21. The van der Waals surface area contributed by atoms with Gasteiger partial charge >= 0.3 is 0 Å². The molecule has 0 aliphatic carbocycles. The van der Waals surface area contributed by atoms with E-state index >= 15 is 0 Å². The molecule has 1 aromatic rings. The second kappa shape index (κ2) is 5.42. The molecular formula is C11H15ClN2O. The van der Waals surface area contributed by atoms with Crippen LogP contribution in [0, 0.1) is 0 Å². The number of ether oxygens (including phenoxy) is 1. The topological polar surface area (TPSA) is 35.0 Å². The highest BCUT2D eigenvalue weighted by Gasteiger charge is 2.17. The average molecular weight is 227 g/mol. The summed E-state index contributed by atoms with van der Waals surface area (Å²) in [5.41, 5.74) is 1.15. The first-order valence-corrected chi connectivity index (χ1v) is 5.89. The maximum Gasteiger partial charge on any atom is 0.129 e. The number of aromatic nitrogens is 2. The largest absolute Gasteiger partial charge is 0.381 e. The van der Waals surface area contributed by atoms with Crippen molar-refractivity contribution in [2.24, 2.45) is 0 Å². The molecule has 1 aromatic heterocycles. The second-order valence-electron chi connectivity index (χ2n) is 3.72. The summed E-state index contributed by atoms with van der Waals surface area (Å²) in [5, 5.41) is 0. The van der Waals surface area contributed by atoms with Crippen LogP contribution in [0.25, 0.3) is 0 Å². The summed E-state index contributed by atoms with van der Waals surface area (Å²) in [6, 6.07) is 2.01. The molecular weight excluding hydrogens is 212 g/mol. The molecule has 0 unspecified atom stereocenters. The van der Waals surface area contributed by atoms with E-state index in [0.717, 1.165) is 44.0 Å². The highest BCUT2D eigenvalue weighted by molar-refractivity contribution is 6.17. The van der Waals surface area contributed by atoms with Crippen LogP contribution in [0.4, 0.5) is 0 Å². The molecule has 1 fully saturated rings. The molecule has 0 amide bonds. The number of hydrogen-bond acceptors (Lipinski definition) is 3. The van der Waals surface area contributed by atoms with Crippen LogP contribution >= 0.6 is 11.6 Å². The lowest BCUT2D eigenvalue weighted by atomic mass is 9.96. The van der Waals surface area contributed by atoms with Crippen LogP contribution in [-0.2, 0) is 11.2 Å². The van der Waals surface area contributed by atoms with E-state index in [2.05, 4.69) is 9.97 Å². The van der Waals surface area contributed by atoms with Crippen LogP contribution in [0.3, 0.4) is 0 Å². The number of nitrogens with zero attached hydrogens (tertiary/aromatic N) is 2. The smallest absolute Gasteiger partial charge is 0.129 e. The molecule has 0 aromatic carbocycles. The van der Waals surface area contributed by atoms with Crippen molar-refractivity contribution in [1.82, 2.24) is 9.97 Å². The summed E-state index contributed by atoms with van der Waals surface area (Å²) in [6.45, 7) is 1.69. The Labute approximate surface area is 94.8 Å². The zero-order chi connectivity index (χ0) is 10.5. The van der Waals surface area contributed by atoms with Gasteiger partial charge in [-0.15, -0.1) is 11.6 Å². The fraction of sp³-hybridized carbons (Fsp3) is 0.636. The summed E-state index contributed by atoms with van der Waals surface area (Å²) in [6.07, 6.45) is 4.72. The predicted molar refractivity (Wildman–Crippen MR) is 59.3 cm³/mol. The monoisotopic (exact) mass is 226 g/mol. The van der Waals surface area contributed by atoms with Crippen LogP contribution in [0.5, 0.6) is 0 Å². The van der Waals surface area contributed by atoms with Gasteiger partial charge in [-0.2, -0.15) is 0 Å². The molecule has 1 aliphatic rings. The van der Waals surface area contributed by atoms with E-state index in [-0.39, 0.29) is 0 Å². The minimum atomic E-state index is 0.538. The van der Waals surface area contributed by atoms with Crippen LogP contribution < -0.4 is 0 Å². The van der Waals surface area contributed by atoms with Gasteiger partial charge in [-0.3, -0.25) is 0 Å². The SMILES string of the molecule is ClCCc1nccc(C2CCOCC2)n1. The van der Waals surface area contributed by atoms with E-state index in [1.165, 1.54) is 0 Å².